The van der Waals surface area contributed by atoms with Gasteiger partial charge < -0.3 is 0 Å². The molecule has 2 rings (SSSR count). The third-order valence-corrected chi connectivity index (χ3v) is 2.63. The summed E-state index contributed by atoms with van der Waals surface area (Å²) in [4.78, 5) is 23.5. The topological polar surface area (TPSA) is 37.4 Å². The fraction of sp³-hybridized carbons (Fsp3) is 0.0909. The van der Waals surface area contributed by atoms with Crippen LogP contribution in [0.25, 0.3) is 0 Å². The average Bonchev–Trinajstić information content (AvgIpc) is 2.54. The van der Waals surface area contributed by atoms with Crippen LogP contribution < -0.4 is 0 Å². The molecule has 2 amide bonds. The Bertz CT molecular complexity index is 461. The van der Waals surface area contributed by atoms with Crippen LogP contribution in [0.4, 0.5) is 4.39 Å². The number of carbonyl (C=O) groups is 2. The van der Waals surface area contributed by atoms with Crippen LogP contribution >= 0.6 is 11.6 Å². The van der Waals surface area contributed by atoms with Gasteiger partial charge in [0.25, 0.3) is 11.8 Å². The van der Waals surface area contributed by atoms with Crippen molar-refractivity contribution in [2.24, 2.45) is 0 Å². The van der Waals surface area contributed by atoms with E-state index in [4.69, 9.17) is 11.6 Å². The molecule has 1 aromatic rings. The monoisotopic (exact) mass is 239 g/mol. The van der Waals surface area contributed by atoms with Gasteiger partial charge >= 0.3 is 0 Å². The Morgan fingerprint density at radius 3 is 2.38 bits per heavy atom. The molecule has 82 valence electrons. The molecule has 0 saturated carbocycles. The molecular formula is C11H7ClFNO2. The van der Waals surface area contributed by atoms with Gasteiger partial charge in [0, 0.05) is 22.7 Å². The van der Waals surface area contributed by atoms with Crippen molar-refractivity contribution in [3.8, 4) is 0 Å². The quantitative estimate of drug-likeness (QED) is 0.740. The standard InChI is InChI=1S/C11H7ClFNO2/c12-8-2-1-3-9(13)7(8)6-14-10(15)4-5-11(14)16/h1-5H,6H2. The zero-order valence-electron chi connectivity index (χ0n) is 8.11. The summed E-state index contributed by atoms with van der Waals surface area (Å²) in [6.45, 7) is -0.143. The molecule has 3 nitrogen and oxygen atoms in total. The van der Waals surface area contributed by atoms with Gasteiger partial charge in [-0.05, 0) is 12.1 Å². The molecule has 0 spiro atoms. The first-order valence-corrected chi connectivity index (χ1v) is 4.94. The minimum Gasteiger partial charge on any atom is -0.271 e. The Hall–Kier alpha value is -1.68. The van der Waals surface area contributed by atoms with E-state index in [2.05, 4.69) is 0 Å². The number of amides is 2. The molecule has 1 aliphatic rings. The van der Waals surface area contributed by atoms with Crippen LogP contribution in [0.15, 0.2) is 30.4 Å². The molecular weight excluding hydrogens is 233 g/mol. The fourth-order valence-electron chi connectivity index (χ4n) is 1.43. The van der Waals surface area contributed by atoms with Crippen molar-refractivity contribution >= 4 is 23.4 Å². The summed E-state index contributed by atoms with van der Waals surface area (Å²) in [5, 5.41) is 0.201. The third kappa shape index (κ3) is 1.84. The molecule has 0 radical (unpaired) electrons. The first-order valence-electron chi connectivity index (χ1n) is 4.56. The molecule has 0 aromatic heterocycles. The van der Waals surface area contributed by atoms with Gasteiger partial charge in [-0.1, -0.05) is 17.7 Å². The van der Waals surface area contributed by atoms with Crippen LogP contribution in [0, 0.1) is 5.82 Å². The van der Waals surface area contributed by atoms with Crippen LogP contribution in [-0.4, -0.2) is 16.7 Å². The number of benzene rings is 1. The van der Waals surface area contributed by atoms with E-state index in [1.165, 1.54) is 18.2 Å². The molecule has 0 unspecified atom stereocenters. The lowest BCUT2D eigenvalue weighted by atomic mass is 10.2. The maximum Gasteiger partial charge on any atom is 0.253 e. The van der Waals surface area contributed by atoms with Crippen molar-refractivity contribution in [1.29, 1.82) is 0 Å². The third-order valence-electron chi connectivity index (χ3n) is 2.28. The summed E-state index contributed by atoms with van der Waals surface area (Å²) in [5.74, 6) is -1.44. The van der Waals surface area contributed by atoms with E-state index < -0.39 is 17.6 Å². The number of halogens is 2. The number of nitrogens with zero attached hydrogens (tertiary/aromatic N) is 1. The largest absolute Gasteiger partial charge is 0.271 e. The van der Waals surface area contributed by atoms with Gasteiger partial charge in [0.2, 0.25) is 0 Å². The van der Waals surface area contributed by atoms with Gasteiger partial charge in [0.1, 0.15) is 5.82 Å². The van der Waals surface area contributed by atoms with E-state index in [0.29, 0.717) is 0 Å². The normalized spacial score (nSPS) is 15.0. The number of carbonyl (C=O) groups excluding carboxylic acids is 2. The number of hydrogen-bond acceptors (Lipinski definition) is 2. The van der Waals surface area contributed by atoms with Crippen LogP contribution in [0.3, 0.4) is 0 Å². The molecule has 1 aliphatic heterocycles. The second-order valence-corrected chi connectivity index (χ2v) is 3.70. The Balaban J connectivity index is 2.28. The summed E-state index contributed by atoms with van der Waals surface area (Å²) >= 11 is 5.79. The van der Waals surface area contributed by atoms with Gasteiger partial charge in [-0.15, -0.1) is 0 Å². The fourth-order valence-corrected chi connectivity index (χ4v) is 1.65. The maximum absolute atomic E-state index is 13.4. The van der Waals surface area contributed by atoms with E-state index >= 15 is 0 Å². The molecule has 0 saturated heterocycles. The molecule has 16 heavy (non-hydrogen) atoms. The van der Waals surface area contributed by atoms with Crippen LogP contribution in [-0.2, 0) is 16.1 Å². The molecule has 0 bridgehead atoms. The highest BCUT2D eigenvalue weighted by molar-refractivity contribution is 6.31. The molecule has 0 atom stereocenters. The zero-order valence-corrected chi connectivity index (χ0v) is 8.87. The van der Waals surface area contributed by atoms with Gasteiger partial charge in [-0.2, -0.15) is 0 Å². The Labute approximate surface area is 96.1 Å². The van der Waals surface area contributed by atoms with Gasteiger partial charge in [-0.3, -0.25) is 14.5 Å². The summed E-state index contributed by atoms with van der Waals surface area (Å²) < 4.78 is 13.4. The van der Waals surface area contributed by atoms with E-state index in [1.807, 2.05) is 0 Å². The van der Waals surface area contributed by atoms with E-state index in [0.717, 1.165) is 17.1 Å². The molecule has 0 N–H and O–H groups in total. The minimum absolute atomic E-state index is 0.143. The molecule has 1 aromatic carbocycles. The summed E-state index contributed by atoms with van der Waals surface area (Å²) in [7, 11) is 0. The molecule has 0 aliphatic carbocycles. The Morgan fingerprint density at radius 2 is 1.81 bits per heavy atom. The number of imide groups is 1. The lowest BCUT2D eigenvalue weighted by Gasteiger charge is -2.15. The van der Waals surface area contributed by atoms with Crippen LogP contribution in [0.1, 0.15) is 5.56 Å². The highest BCUT2D eigenvalue weighted by atomic mass is 35.5. The van der Waals surface area contributed by atoms with Crippen molar-refractivity contribution in [2.75, 3.05) is 0 Å². The summed E-state index contributed by atoms with van der Waals surface area (Å²) in [5.41, 5.74) is 0.148. The SMILES string of the molecule is O=C1C=CC(=O)N1Cc1c(F)cccc1Cl. The van der Waals surface area contributed by atoms with Crippen molar-refractivity contribution in [3.05, 3.63) is 46.8 Å². The zero-order chi connectivity index (χ0) is 11.7. The predicted molar refractivity (Wildman–Crippen MR) is 56.1 cm³/mol. The number of hydrogen-bond donors (Lipinski definition) is 0. The first kappa shape index (κ1) is 10.8. The highest BCUT2D eigenvalue weighted by Gasteiger charge is 2.25. The van der Waals surface area contributed by atoms with E-state index in [-0.39, 0.29) is 17.1 Å². The lowest BCUT2D eigenvalue weighted by Crippen LogP contribution is -2.29. The second kappa shape index (κ2) is 4.06. The van der Waals surface area contributed by atoms with E-state index in [1.54, 1.807) is 0 Å². The van der Waals surface area contributed by atoms with Gasteiger partial charge in [0.05, 0.1) is 6.54 Å². The summed E-state index contributed by atoms with van der Waals surface area (Å²) in [6.07, 6.45) is 2.30. The van der Waals surface area contributed by atoms with Crippen molar-refractivity contribution in [2.45, 2.75) is 6.54 Å². The van der Waals surface area contributed by atoms with E-state index in [9.17, 15) is 14.0 Å². The molecule has 5 heteroatoms. The first-order chi connectivity index (χ1) is 7.59. The maximum atomic E-state index is 13.4. The molecule has 0 fully saturated rings. The lowest BCUT2D eigenvalue weighted by molar-refractivity contribution is -0.137. The predicted octanol–water partition coefficient (Wildman–Crippen LogP) is 1.90. The Kier molecular flexibility index (Phi) is 2.75. The Morgan fingerprint density at radius 1 is 1.19 bits per heavy atom. The van der Waals surface area contributed by atoms with Crippen molar-refractivity contribution in [1.82, 2.24) is 4.90 Å². The second-order valence-electron chi connectivity index (χ2n) is 3.30. The smallest absolute Gasteiger partial charge is 0.253 e. The van der Waals surface area contributed by atoms with Crippen LogP contribution in [0.2, 0.25) is 5.02 Å². The highest BCUT2D eigenvalue weighted by Crippen LogP contribution is 2.22. The summed E-state index contributed by atoms with van der Waals surface area (Å²) in [6, 6.07) is 4.21. The average molecular weight is 240 g/mol. The van der Waals surface area contributed by atoms with Crippen molar-refractivity contribution < 1.29 is 14.0 Å². The van der Waals surface area contributed by atoms with Gasteiger partial charge in [0.15, 0.2) is 0 Å². The number of rotatable bonds is 2. The van der Waals surface area contributed by atoms with Gasteiger partial charge in [-0.25, -0.2) is 4.39 Å². The van der Waals surface area contributed by atoms with Crippen LogP contribution in [0.5, 0.6) is 0 Å². The minimum atomic E-state index is -0.528. The van der Waals surface area contributed by atoms with Crippen molar-refractivity contribution in [3.63, 3.8) is 0 Å². The molecule has 1 heterocycles.